The van der Waals surface area contributed by atoms with Crippen LogP contribution in [0.1, 0.15) is 49.6 Å². The maximum atomic E-state index is 11.9. The molecule has 1 fully saturated rings. The predicted molar refractivity (Wildman–Crippen MR) is 87.8 cm³/mol. The van der Waals surface area contributed by atoms with E-state index in [4.69, 9.17) is 9.15 Å². The minimum absolute atomic E-state index is 0.0702. The Balaban J connectivity index is 1.91. The van der Waals surface area contributed by atoms with Gasteiger partial charge in [0, 0.05) is 0 Å². The molecule has 1 saturated heterocycles. The van der Waals surface area contributed by atoms with Gasteiger partial charge in [-0.05, 0) is 24.1 Å². The molecule has 2 heterocycles. The van der Waals surface area contributed by atoms with Gasteiger partial charge in [-0.15, -0.1) is 0 Å². The van der Waals surface area contributed by atoms with Gasteiger partial charge >= 0.3 is 5.97 Å². The SMILES string of the molecule is CCCC[C@H](c1ccco1)N1CC(=O)OC[C@@H]1c1ccccc1. The average molecular weight is 313 g/mol. The minimum Gasteiger partial charge on any atom is -0.468 e. The van der Waals surface area contributed by atoms with Crippen LogP contribution < -0.4 is 0 Å². The summed E-state index contributed by atoms with van der Waals surface area (Å²) in [6.45, 7) is 2.87. The molecule has 0 aliphatic carbocycles. The molecule has 1 aliphatic rings. The highest BCUT2D eigenvalue weighted by Crippen LogP contribution is 2.36. The first-order valence-electron chi connectivity index (χ1n) is 8.29. The summed E-state index contributed by atoms with van der Waals surface area (Å²) in [6.07, 6.45) is 4.89. The number of furan rings is 1. The zero-order valence-corrected chi connectivity index (χ0v) is 13.5. The van der Waals surface area contributed by atoms with Crippen LogP contribution in [0.15, 0.2) is 53.1 Å². The molecule has 23 heavy (non-hydrogen) atoms. The van der Waals surface area contributed by atoms with Crippen LogP contribution in [0.5, 0.6) is 0 Å². The molecule has 0 saturated carbocycles. The first-order valence-corrected chi connectivity index (χ1v) is 8.29. The Morgan fingerprint density at radius 3 is 2.74 bits per heavy atom. The third kappa shape index (κ3) is 3.64. The van der Waals surface area contributed by atoms with E-state index in [1.807, 2.05) is 30.3 Å². The van der Waals surface area contributed by atoms with Crippen molar-refractivity contribution < 1.29 is 13.9 Å². The van der Waals surface area contributed by atoms with Crippen molar-refractivity contribution in [1.82, 2.24) is 4.90 Å². The summed E-state index contributed by atoms with van der Waals surface area (Å²) in [4.78, 5) is 14.1. The second kappa shape index (κ2) is 7.47. The van der Waals surface area contributed by atoms with Gasteiger partial charge in [0.1, 0.15) is 12.4 Å². The van der Waals surface area contributed by atoms with E-state index in [1.54, 1.807) is 6.26 Å². The Hall–Kier alpha value is -2.07. The second-order valence-electron chi connectivity index (χ2n) is 5.96. The third-order valence-electron chi connectivity index (χ3n) is 4.40. The van der Waals surface area contributed by atoms with E-state index in [0.29, 0.717) is 13.2 Å². The lowest BCUT2D eigenvalue weighted by atomic mass is 9.98. The lowest BCUT2D eigenvalue weighted by Gasteiger charge is -2.39. The number of rotatable bonds is 6. The van der Waals surface area contributed by atoms with Gasteiger partial charge in [-0.3, -0.25) is 9.69 Å². The molecule has 4 nitrogen and oxygen atoms in total. The Kier molecular flexibility index (Phi) is 5.13. The summed E-state index contributed by atoms with van der Waals surface area (Å²) in [6, 6.07) is 14.3. The van der Waals surface area contributed by atoms with E-state index in [0.717, 1.165) is 25.0 Å². The molecule has 3 rings (SSSR count). The number of benzene rings is 1. The highest BCUT2D eigenvalue weighted by Gasteiger charge is 2.35. The van der Waals surface area contributed by atoms with Crippen molar-refractivity contribution in [3.8, 4) is 0 Å². The predicted octanol–water partition coefficient (Wildman–Crippen LogP) is 4.11. The van der Waals surface area contributed by atoms with E-state index < -0.39 is 0 Å². The summed E-state index contributed by atoms with van der Waals surface area (Å²) >= 11 is 0. The molecule has 4 heteroatoms. The fourth-order valence-electron chi connectivity index (χ4n) is 3.21. The van der Waals surface area contributed by atoms with Crippen molar-refractivity contribution in [1.29, 1.82) is 0 Å². The number of hydrogen-bond acceptors (Lipinski definition) is 4. The van der Waals surface area contributed by atoms with Crippen LogP contribution in [-0.2, 0) is 9.53 Å². The summed E-state index contributed by atoms with van der Waals surface area (Å²) in [5.41, 5.74) is 1.17. The van der Waals surface area contributed by atoms with E-state index in [2.05, 4.69) is 24.0 Å². The van der Waals surface area contributed by atoms with Gasteiger partial charge in [-0.2, -0.15) is 0 Å². The number of carbonyl (C=O) groups excluding carboxylic acids is 1. The lowest BCUT2D eigenvalue weighted by Crippen LogP contribution is -2.44. The Bertz CT molecular complexity index is 609. The monoisotopic (exact) mass is 313 g/mol. The fraction of sp³-hybridized carbons (Fsp3) is 0.421. The molecule has 1 aliphatic heterocycles. The fourth-order valence-corrected chi connectivity index (χ4v) is 3.21. The molecule has 0 amide bonds. The number of morpholine rings is 1. The highest BCUT2D eigenvalue weighted by atomic mass is 16.5. The van der Waals surface area contributed by atoms with Crippen LogP contribution in [0.25, 0.3) is 0 Å². The summed E-state index contributed by atoms with van der Waals surface area (Å²) in [5, 5.41) is 0. The number of cyclic esters (lactones) is 1. The zero-order valence-electron chi connectivity index (χ0n) is 13.5. The number of ether oxygens (including phenoxy) is 1. The summed E-state index contributed by atoms with van der Waals surface area (Å²) < 4.78 is 11.0. The molecule has 0 unspecified atom stereocenters. The first-order chi connectivity index (χ1) is 11.3. The third-order valence-corrected chi connectivity index (χ3v) is 4.40. The highest BCUT2D eigenvalue weighted by molar-refractivity contribution is 5.72. The molecule has 0 spiro atoms. The van der Waals surface area contributed by atoms with E-state index >= 15 is 0 Å². The van der Waals surface area contributed by atoms with Gasteiger partial charge in [0.25, 0.3) is 0 Å². The summed E-state index contributed by atoms with van der Waals surface area (Å²) in [7, 11) is 0. The van der Waals surface area contributed by atoms with Gasteiger partial charge in [0.2, 0.25) is 0 Å². The number of carbonyl (C=O) groups is 1. The molecule has 0 bridgehead atoms. The van der Waals surface area contributed by atoms with Crippen LogP contribution in [0, 0.1) is 0 Å². The Morgan fingerprint density at radius 1 is 1.22 bits per heavy atom. The van der Waals surface area contributed by atoms with Crippen LogP contribution >= 0.6 is 0 Å². The zero-order chi connectivity index (χ0) is 16.1. The smallest absolute Gasteiger partial charge is 0.320 e. The Labute approximate surface area is 137 Å². The van der Waals surface area contributed by atoms with Crippen LogP contribution in [0.4, 0.5) is 0 Å². The molecule has 0 N–H and O–H groups in total. The van der Waals surface area contributed by atoms with Gasteiger partial charge < -0.3 is 9.15 Å². The standard InChI is InChI=1S/C19H23NO3/c1-2-3-10-16(18-11-7-12-22-18)20-13-19(21)23-14-17(20)15-8-5-4-6-9-15/h4-9,11-12,16-17H,2-3,10,13-14H2,1H3/t16-,17-/m1/s1. The van der Waals surface area contributed by atoms with Crippen molar-refractivity contribution >= 4 is 5.97 Å². The number of hydrogen-bond donors (Lipinski definition) is 0. The van der Waals surface area contributed by atoms with Crippen molar-refractivity contribution in [2.45, 2.75) is 38.3 Å². The average Bonchev–Trinajstić information content (AvgIpc) is 3.10. The van der Waals surface area contributed by atoms with Gasteiger partial charge in [0.15, 0.2) is 0 Å². The number of nitrogens with zero attached hydrogens (tertiary/aromatic N) is 1. The second-order valence-corrected chi connectivity index (χ2v) is 5.96. The van der Waals surface area contributed by atoms with Crippen molar-refractivity contribution in [3.05, 3.63) is 60.1 Å². The normalized spacial score (nSPS) is 20.2. The van der Waals surface area contributed by atoms with Gasteiger partial charge in [0.05, 0.1) is 24.9 Å². The van der Waals surface area contributed by atoms with Crippen LogP contribution in [-0.4, -0.2) is 24.0 Å². The molecule has 0 radical (unpaired) electrons. The van der Waals surface area contributed by atoms with Crippen LogP contribution in [0.3, 0.4) is 0 Å². The molecular weight excluding hydrogens is 290 g/mol. The van der Waals surface area contributed by atoms with Crippen LogP contribution in [0.2, 0.25) is 0 Å². The van der Waals surface area contributed by atoms with Crippen molar-refractivity contribution in [2.24, 2.45) is 0 Å². The molecular formula is C19H23NO3. The molecule has 1 aromatic heterocycles. The first kappa shape index (κ1) is 15.8. The topological polar surface area (TPSA) is 42.7 Å². The molecule has 2 atom stereocenters. The number of unbranched alkanes of at least 4 members (excludes halogenated alkanes) is 1. The van der Waals surface area contributed by atoms with E-state index in [1.165, 1.54) is 5.56 Å². The quantitative estimate of drug-likeness (QED) is 0.753. The summed E-state index contributed by atoms with van der Waals surface area (Å²) in [5.74, 6) is 0.763. The van der Waals surface area contributed by atoms with E-state index in [-0.39, 0.29) is 18.1 Å². The van der Waals surface area contributed by atoms with Crippen molar-refractivity contribution in [2.75, 3.05) is 13.2 Å². The maximum Gasteiger partial charge on any atom is 0.320 e. The van der Waals surface area contributed by atoms with Gasteiger partial charge in [-0.25, -0.2) is 0 Å². The van der Waals surface area contributed by atoms with E-state index in [9.17, 15) is 4.79 Å². The molecule has 122 valence electrons. The lowest BCUT2D eigenvalue weighted by molar-refractivity contribution is -0.157. The molecule has 1 aromatic carbocycles. The largest absolute Gasteiger partial charge is 0.468 e. The number of esters is 1. The minimum atomic E-state index is -0.162. The maximum absolute atomic E-state index is 11.9. The molecule has 2 aromatic rings. The van der Waals surface area contributed by atoms with Crippen molar-refractivity contribution in [3.63, 3.8) is 0 Å². The Morgan fingerprint density at radius 2 is 2.04 bits per heavy atom. The van der Waals surface area contributed by atoms with Gasteiger partial charge in [-0.1, -0.05) is 50.1 Å².